The summed E-state index contributed by atoms with van der Waals surface area (Å²) >= 11 is 0. The SMILES string of the molecule is CCc1cccnc1CNC(C)C(=O)N(CC)CC. The molecule has 1 amide bonds. The number of rotatable bonds is 7. The van der Waals surface area contributed by atoms with Crippen LogP contribution in [0.2, 0.25) is 0 Å². The topological polar surface area (TPSA) is 45.2 Å². The van der Waals surface area contributed by atoms with Gasteiger partial charge in [-0.2, -0.15) is 0 Å². The van der Waals surface area contributed by atoms with Crippen molar-refractivity contribution in [1.29, 1.82) is 0 Å². The van der Waals surface area contributed by atoms with Crippen LogP contribution in [-0.2, 0) is 17.8 Å². The maximum atomic E-state index is 12.1. The molecule has 0 aliphatic carbocycles. The summed E-state index contributed by atoms with van der Waals surface area (Å²) in [6.45, 7) is 10.2. The molecule has 4 heteroatoms. The zero-order chi connectivity index (χ0) is 14.3. The van der Waals surface area contributed by atoms with Crippen molar-refractivity contribution in [3.63, 3.8) is 0 Å². The second-order valence-corrected chi connectivity index (χ2v) is 4.58. The summed E-state index contributed by atoms with van der Waals surface area (Å²) in [4.78, 5) is 18.3. The molecule has 0 aliphatic rings. The Balaban J connectivity index is 2.58. The first-order chi connectivity index (χ1) is 9.13. The van der Waals surface area contributed by atoms with Crippen molar-refractivity contribution >= 4 is 5.91 Å². The van der Waals surface area contributed by atoms with Crippen LogP contribution >= 0.6 is 0 Å². The Bertz CT molecular complexity index is 402. The second-order valence-electron chi connectivity index (χ2n) is 4.58. The Kier molecular flexibility index (Phi) is 6.50. The lowest BCUT2D eigenvalue weighted by molar-refractivity contribution is -0.132. The Morgan fingerprint density at radius 1 is 1.37 bits per heavy atom. The van der Waals surface area contributed by atoms with Gasteiger partial charge in [-0.15, -0.1) is 0 Å². The summed E-state index contributed by atoms with van der Waals surface area (Å²) in [6, 6.07) is 3.86. The van der Waals surface area contributed by atoms with E-state index in [1.807, 2.05) is 31.7 Å². The van der Waals surface area contributed by atoms with Gasteiger partial charge in [0.25, 0.3) is 0 Å². The summed E-state index contributed by atoms with van der Waals surface area (Å²) in [5, 5.41) is 3.27. The van der Waals surface area contributed by atoms with Gasteiger partial charge in [0.15, 0.2) is 0 Å². The molecule has 0 bridgehead atoms. The molecule has 0 radical (unpaired) electrons. The van der Waals surface area contributed by atoms with Crippen molar-refractivity contribution in [2.24, 2.45) is 0 Å². The van der Waals surface area contributed by atoms with Gasteiger partial charge in [-0.1, -0.05) is 13.0 Å². The predicted octanol–water partition coefficient (Wildman–Crippen LogP) is 1.99. The zero-order valence-corrected chi connectivity index (χ0v) is 12.4. The lowest BCUT2D eigenvalue weighted by Gasteiger charge is -2.23. The van der Waals surface area contributed by atoms with Gasteiger partial charge in [-0.05, 0) is 38.8 Å². The number of carbonyl (C=O) groups excluding carboxylic acids is 1. The standard InChI is InChI=1S/C15H25N3O/c1-5-13-9-8-10-16-14(13)11-17-12(4)15(19)18(6-2)7-3/h8-10,12,17H,5-7,11H2,1-4H3. The summed E-state index contributed by atoms with van der Waals surface area (Å²) in [6.07, 6.45) is 2.76. The number of nitrogens with one attached hydrogen (secondary N) is 1. The van der Waals surface area contributed by atoms with Gasteiger partial charge in [0.1, 0.15) is 0 Å². The predicted molar refractivity (Wildman–Crippen MR) is 77.8 cm³/mol. The van der Waals surface area contributed by atoms with Crippen LogP contribution in [0, 0.1) is 0 Å². The average Bonchev–Trinajstić information content (AvgIpc) is 2.46. The highest BCUT2D eigenvalue weighted by atomic mass is 16.2. The number of hydrogen-bond acceptors (Lipinski definition) is 3. The van der Waals surface area contributed by atoms with Crippen molar-refractivity contribution < 1.29 is 4.79 Å². The largest absolute Gasteiger partial charge is 0.342 e. The van der Waals surface area contributed by atoms with Crippen LogP contribution in [0.1, 0.15) is 39.0 Å². The van der Waals surface area contributed by atoms with Gasteiger partial charge in [0, 0.05) is 25.8 Å². The van der Waals surface area contributed by atoms with E-state index in [1.54, 1.807) is 6.20 Å². The Hall–Kier alpha value is -1.42. The third kappa shape index (κ3) is 4.31. The molecule has 1 N–H and O–H groups in total. The van der Waals surface area contributed by atoms with E-state index in [4.69, 9.17) is 0 Å². The van der Waals surface area contributed by atoms with Crippen molar-refractivity contribution in [2.45, 2.75) is 46.7 Å². The maximum absolute atomic E-state index is 12.1. The van der Waals surface area contributed by atoms with Gasteiger partial charge in [-0.25, -0.2) is 0 Å². The molecule has 1 heterocycles. The van der Waals surface area contributed by atoms with E-state index in [9.17, 15) is 4.79 Å². The van der Waals surface area contributed by atoms with Crippen LogP contribution in [0.3, 0.4) is 0 Å². The summed E-state index contributed by atoms with van der Waals surface area (Å²) in [7, 11) is 0. The molecule has 1 unspecified atom stereocenters. The molecular weight excluding hydrogens is 238 g/mol. The van der Waals surface area contributed by atoms with Crippen LogP contribution in [0.15, 0.2) is 18.3 Å². The molecule has 1 aromatic rings. The molecule has 0 fully saturated rings. The van der Waals surface area contributed by atoms with E-state index in [-0.39, 0.29) is 11.9 Å². The minimum Gasteiger partial charge on any atom is -0.342 e. The van der Waals surface area contributed by atoms with Crippen molar-refractivity contribution in [3.05, 3.63) is 29.6 Å². The Labute approximate surface area is 116 Å². The number of aryl methyl sites for hydroxylation is 1. The van der Waals surface area contributed by atoms with Crippen molar-refractivity contribution in [2.75, 3.05) is 13.1 Å². The number of amides is 1. The number of likely N-dealkylation sites (N-methyl/N-ethyl adjacent to an activating group) is 1. The smallest absolute Gasteiger partial charge is 0.239 e. The minimum atomic E-state index is -0.174. The molecule has 0 saturated heterocycles. The zero-order valence-electron chi connectivity index (χ0n) is 12.4. The van der Waals surface area contributed by atoms with Gasteiger partial charge < -0.3 is 10.2 Å². The van der Waals surface area contributed by atoms with E-state index in [0.29, 0.717) is 6.54 Å². The number of carbonyl (C=O) groups is 1. The summed E-state index contributed by atoms with van der Waals surface area (Å²) in [5.74, 6) is 0.152. The first kappa shape index (κ1) is 15.6. The molecule has 19 heavy (non-hydrogen) atoms. The van der Waals surface area contributed by atoms with E-state index in [1.165, 1.54) is 5.56 Å². The summed E-state index contributed by atoms with van der Waals surface area (Å²) < 4.78 is 0. The highest BCUT2D eigenvalue weighted by Gasteiger charge is 2.17. The second kappa shape index (κ2) is 7.89. The molecule has 1 rings (SSSR count). The normalized spacial score (nSPS) is 12.2. The first-order valence-electron chi connectivity index (χ1n) is 7.08. The van der Waals surface area contributed by atoms with Gasteiger partial charge >= 0.3 is 0 Å². The summed E-state index contributed by atoms with van der Waals surface area (Å²) in [5.41, 5.74) is 2.27. The Morgan fingerprint density at radius 2 is 2.05 bits per heavy atom. The maximum Gasteiger partial charge on any atom is 0.239 e. The van der Waals surface area contributed by atoms with Crippen LogP contribution in [0.4, 0.5) is 0 Å². The molecule has 0 aromatic carbocycles. The van der Waals surface area contributed by atoms with E-state index in [2.05, 4.69) is 23.3 Å². The van der Waals surface area contributed by atoms with Crippen molar-refractivity contribution in [1.82, 2.24) is 15.2 Å². The van der Waals surface area contributed by atoms with E-state index < -0.39 is 0 Å². The highest BCUT2D eigenvalue weighted by molar-refractivity contribution is 5.81. The average molecular weight is 263 g/mol. The van der Waals surface area contributed by atoms with Crippen molar-refractivity contribution in [3.8, 4) is 0 Å². The van der Waals surface area contributed by atoms with Gasteiger partial charge in [0.05, 0.1) is 11.7 Å². The van der Waals surface area contributed by atoms with Crippen LogP contribution in [0.5, 0.6) is 0 Å². The fraction of sp³-hybridized carbons (Fsp3) is 0.600. The van der Waals surface area contributed by atoms with Crippen LogP contribution in [0.25, 0.3) is 0 Å². The third-order valence-corrected chi connectivity index (χ3v) is 3.39. The minimum absolute atomic E-state index is 0.152. The molecule has 0 spiro atoms. The molecule has 0 aliphatic heterocycles. The third-order valence-electron chi connectivity index (χ3n) is 3.39. The first-order valence-corrected chi connectivity index (χ1v) is 7.08. The van der Waals surface area contributed by atoms with Crippen LogP contribution < -0.4 is 5.32 Å². The number of aromatic nitrogens is 1. The van der Waals surface area contributed by atoms with E-state index in [0.717, 1.165) is 25.2 Å². The lowest BCUT2D eigenvalue weighted by atomic mass is 10.1. The Morgan fingerprint density at radius 3 is 2.63 bits per heavy atom. The number of hydrogen-bond donors (Lipinski definition) is 1. The molecule has 4 nitrogen and oxygen atoms in total. The van der Waals surface area contributed by atoms with Crippen LogP contribution in [-0.4, -0.2) is 34.9 Å². The molecule has 1 atom stereocenters. The quantitative estimate of drug-likeness (QED) is 0.818. The molecule has 106 valence electrons. The van der Waals surface area contributed by atoms with Gasteiger partial charge in [0.2, 0.25) is 5.91 Å². The lowest BCUT2D eigenvalue weighted by Crippen LogP contribution is -2.44. The fourth-order valence-electron chi connectivity index (χ4n) is 2.10. The fourth-order valence-corrected chi connectivity index (χ4v) is 2.10. The monoisotopic (exact) mass is 263 g/mol. The van der Waals surface area contributed by atoms with E-state index >= 15 is 0 Å². The highest BCUT2D eigenvalue weighted by Crippen LogP contribution is 2.06. The number of pyridine rings is 1. The molecular formula is C15H25N3O. The molecule has 0 saturated carbocycles. The van der Waals surface area contributed by atoms with Gasteiger partial charge in [-0.3, -0.25) is 9.78 Å². The molecule has 1 aromatic heterocycles. The number of nitrogens with zero attached hydrogens (tertiary/aromatic N) is 2.